The van der Waals surface area contributed by atoms with Gasteiger partial charge in [0, 0.05) is 12.1 Å². The summed E-state index contributed by atoms with van der Waals surface area (Å²) in [6.45, 7) is 2.31. The third-order valence-corrected chi connectivity index (χ3v) is 2.69. The van der Waals surface area contributed by atoms with Crippen molar-refractivity contribution in [3.05, 3.63) is 26.3 Å². The second-order valence-electron chi connectivity index (χ2n) is 2.78. The number of hydrogen-bond donors (Lipinski definition) is 1. The number of nitro groups is 1. The van der Waals surface area contributed by atoms with E-state index in [0.29, 0.717) is 29.1 Å². The molecule has 6 nitrogen and oxygen atoms in total. The van der Waals surface area contributed by atoms with Crippen LogP contribution in [0.25, 0.3) is 0 Å². The molecule has 0 saturated heterocycles. The van der Waals surface area contributed by atoms with Crippen LogP contribution in [-0.2, 0) is 0 Å². The summed E-state index contributed by atoms with van der Waals surface area (Å²) in [6.07, 6.45) is 1.17. The molecule has 0 saturated carbocycles. The fourth-order valence-electron chi connectivity index (χ4n) is 0.986. The van der Waals surface area contributed by atoms with Gasteiger partial charge in [-0.25, -0.2) is 4.98 Å². The molecule has 0 atom stereocenters. The molecule has 0 aliphatic carbocycles. The first-order valence-corrected chi connectivity index (χ1v) is 4.99. The van der Waals surface area contributed by atoms with Gasteiger partial charge in [0.05, 0.1) is 9.40 Å². The van der Waals surface area contributed by atoms with Crippen LogP contribution < -0.4 is 10.5 Å². The molecular weight excluding hydrogens is 266 g/mol. The Balaban J connectivity index is 3.04. The van der Waals surface area contributed by atoms with Gasteiger partial charge >= 0.3 is 0 Å². The van der Waals surface area contributed by atoms with E-state index in [1.54, 1.807) is 6.92 Å². The zero-order valence-corrected chi connectivity index (χ0v) is 9.65. The number of halogens is 1. The highest BCUT2D eigenvalue weighted by atomic mass is 79.9. The number of rotatable bonds is 4. The maximum Gasteiger partial charge on any atom is 0.291 e. The van der Waals surface area contributed by atoms with E-state index in [9.17, 15) is 10.1 Å². The fourth-order valence-corrected chi connectivity index (χ4v) is 1.41. The summed E-state index contributed by atoms with van der Waals surface area (Å²) in [6, 6.07) is 0. The lowest BCUT2D eigenvalue weighted by Crippen LogP contribution is -2.12. The smallest absolute Gasteiger partial charge is 0.291 e. The van der Waals surface area contributed by atoms with Gasteiger partial charge in [-0.15, -0.1) is 0 Å². The topological polar surface area (TPSA) is 91.3 Å². The van der Waals surface area contributed by atoms with Crippen LogP contribution in [0.5, 0.6) is 5.88 Å². The molecule has 0 fully saturated rings. The van der Waals surface area contributed by atoms with Crippen molar-refractivity contribution in [1.29, 1.82) is 0 Å². The lowest BCUT2D eigenvalue weighted by Gasteiger charge is -2.07. The number of aromatic nitrogens is 1. The van der Waals surface area contributed by atoms with E-state index >= 15 is 0 Å². The molecule has 0 spiro atoms. The molecule has 0 bridgehead atoms. The summed E-state index contributed by atoms with van der Waals surface area (Å²) in [7, 11) is 0. The first-order chi connectivity index (χ1) is 7.07. The van der Waals surface area contributed by atoms with Crippen molar-refractivity contribution in [2.24, 2.45) is 5.73 Å². The number of nitrogens with zero attached hydrogens (tertiary/aromatic N) is 2. The highest BCUT2D eigenvalue weighted by Crippen LogP contribution is 2.31. The van der Waals surface area contributed by atoms with Crippen LogP contribution in [0, 0.1) is 17.0 Å². The van der Waals surface area contributed by atoms with E-state index in [0.717, 1.165) is 0 Å². The molecule has 0 amide bonds. The summed E-state index contributed by atoms with van der Waals surface area (Å²) in [4.78, 5) is 13.9. The van der Waals surface area contributed by atoms with Crippen molar-refractivity contribution in [2.75, 3.05) is 13.2 Å². The third-order valence-electron chi connectivity index (χ3n) is 1.76. The van der Waals surface area contributed by atoms with Crippen LogP contribution >= 0.6 is 15.9 Å². The lowest BCUT2D eigenvalue weighted by molar-refractivity contribution is -0.385. The van der Waals surface area contributed by atoms with Crippen molar-refractivity contribution in [3.63, 3.8) is 0 Å². The zero-order chi connectivity index (χ0) is 11.4. The van der Waals surface area contributed by atoms with E-state index in [-0.39, 0.29) is 5.69 Å². The summed E-state index contributed by atoms with van der Waals surface area (Å²) in [5.41, 5.74) is 5.71. The normalized spacial score (nSPS) is 10.1. The van der Waals surface area contributed by atoms with Crippen molar-refractivity contribution in [1.82, 2.24) is 4.98 Å². The minimum Gasteiger partial charge on any atom is -0.476 e. The van der Waals surface area contributed by atoms with E-state index in [1.165, 1.54) is 6.20 Å². The molecule has 0 unspecified atom stereocenters. The average molecular weight is 276 g/mol. The predicted molar refractivity (Wildman–Crippen MR) is 57.9 cm³/mol. The monoisotopic (exact) mass is 275 g/mol. The standard InChI is InChI=1S/C8H10BrN3O3/c1-5-6(12(13)14)4-11-8(7(5)9)15-3-2-10/h4H,2-3,10H2,1H3. The summed E-state index contributed by atoms with van der Waals surface area (Å²) >= 11 is 3.20. The highest BCUT2D eigenvalue weighted by molar-refractivity contribution is 9.10. The first kappa shape index (κ1) is 11.9. The average Bonchev–Trinajstić information content (AvgIpc) is 2.20. The van der Waals surface area contributed by atoms with Crippen molar-refractivity contribution in [3.8, 4) is 5.88 Å². The van der Waals surface area contributed by atoms with Crippen LogP contribution in [0.3, 0.4) is 0 Å². The van der Waals surface area contributed by atoms with E-state index < -0.39 is 4.92 Å². The number of hydrogen-bond acceptors (Lipinski definition) is 5. The molecule has 0 aliphatic rings. The van der Waals surface area contributed by atoms with Crippen LogP contribution in [0.15, 0.2) is 10.7 Å². The second-order valence-corrected chi connectivity index (χ2v) is 3.57. The van der Waals surface area contributed by atoms with E-state index in [2.05, 4.69) is 20.9 Å². The second kappa shape index (κ2) is 5.04. The molecule has 1 heterocycles. The number of pyridine rings is 1. The summed E-state index contributed by atoms with van der Waals surface area (Å²) in [5, 5.41) is 10.6. The number of ether oxygens (including phenoxy) is 1. The number of nitrogens with two attached hydrogens (primary N) is 1. The maximum absolute atomic E-state index is 10.6. The van der Waals surface area contributed by atoms with Gasteiger partial charge < -0.3 is 10.5 Å². The largest absolute Gasteiger partial charge is 0.476 e. The molecule has 0 radical (unpaired) electrons. The van der Waals surface area contributed by atoms with Gasteiger partial charge in [0.25, 0.3) is 5.69 Å². The third kappa shape index (κ3) is 2.63. The summed E-state index contributed by atoms with van der Waals surface area (Å²) < 4.78 is 5.69. The Hall–Kier alpha value is -1.21. The Morgan fingerprint density at radius 2 is 2.40 bits per heavy atom. The molecule has 82 valence electrons. The van der Waals surface area contributed by atoms with E-state index in [1.807, 2.05) is 0 Å². The van der Waals surface area contributed by atoms with E-state index in [4.69, 9.17) is 10.5 Å². The molecule has 1 aromatic heterocycles. The van der Waals surface area contributed by atoms with Crippen LogP contribution in [0.4, 0.5) is 5.69 Å². The minimum absolute atomic E-state index is 0.0398. The SMILES string of the molecule is Cc1c([N+](=O)[O-])cnc(OCCN)c1Br. The molecule has 1 rings (SSSR count). The van der Waals surface area contributed by atoms with Crippen molar-refractivity contribution < 1.29 is 9.66 Å². The van der Waals surface area contributed by atoms with Crippen molar-refractivity contribution >= 4 is 21.6 Å². The molecule has 0 aromatic carbocycles. The molecule has 7 heteroatoms. The fraction of sp³-hybridized carbons (Fsp3) is 0.375. The van der Waals surface area contributed by atoms with Gasteiger partial charge in [0.2, 0.25) is 5.88 Å². The quantitative estimate of drug-likeness (QED) is 0.663. The maximum atomic E-state index is 10.6. The van der Waals surface area contributed by atoms with Gasteiger partial charge in [-0.2, -0.15) is 0 Å². The Morgan fingerprint density at radius 3 is 2.93 bits per heavy atom. The molecule has 0 aliphatic heterocycles. The van der Waals surface area contributed by atoms with Gasteiger partial charge in [0.15, 0.2) is 0 Å². The van der Waals surface area contributed by atoms with Gasteiger partial charge in [-0.1, -0.05) is 0 Å². The Bertz CT molecular complexity index is 384. The Morgan fingerprint density at radius 1 is 1.73 bits per heavy atom. The predicted octanol–water partition coefficient (Wildman–Crippen LogP) is 1.40. The minimum atomic E-state index is -0.486. The molecule has 1 aromatic rings. The van der Waals surface area contributed by atoms with Crippen LogP contribution in [0.2, 0.25) is 0 Å². The highest BCUT2D eigenvalue weighted by Gasteiger charge is 2.17. The lowest BCUT2D eigenvalue weighted by atomic mass is 10.2. The zero-order valence-electron chi connectivity index (χ0n) is 8.07. The molecule has 15 heavy (non-hydrogen) atoms. The van der Waals surface area contributed by atoms with Crippen LogP contribution in [0.1, 0.15) is 5.56 Å². The Labute approximate surface area is 94.7 Å². The van der Waals surface area contributed by atoms with Gasteiger partial charge in [0.1, 0.15) is 12.8 Å². The summed E-state index contributed by atoms with van der Waals surface area (Å²) in [5.74, 6) is 0.323. The van der Waals surface area contributed by atoms with Gasteiger partial charge in [-0.3, -0.25) is 10.1 Å². The first-order valence-electron chi connectivity index (χ1n) is 4.20. The Kier molecular flexibility index (Phi) is 3.98. The van der Waals surface area contributed by atoms with Crippen LogP contribution in [-0.4, -0.2) is 23.1 Å². The molecular formula is C8H10BrN3O3. The van der Waals surface area contributed by atoms with Gasteiger partial charge in [-0.05, 0) is 22.9 Å². The molecule has 2 N–H and O–H groups in total. The van der Waals surface area contributed by atoms with Crippen molar-refractivity contribution in [2.45, 2.75) is 6.92 Å².